The summed E-state index contributed by atoms with van der Waals surface area (Å²) in [5, 5.41) is 4.66. The Hall–Kier alpha value is -1.32. The summed E-state index contributed by atoms with van der Waals surface area (Å²) < 4.78 is 6.11. The Kier molecular flexibility index (Phi) is 4.05. The van der Waals surface area contributed by atoms with Crippen LogP contribution in [0.3, 0.4) is 0 Å². The van der Waals surface area contributed by atoms with Crippen molar-refractivity contribution in [1.29, 1.82) is 0 Å². The minimum absolute atomic E-state index is 0.0447. The van der Waals surface area contributed by atoms with Gasteiger partial charge in [0.1, 0.15) is 11.3 Å². The monoisotopic (exact) mass is 286 g/mol. The lowest BCUT2D eigenvalue weighted by Crippen LogP contribution is -2.53. The van der Waals surface area contributed by atoms with E-state index >= 15 is 0 Å². The lowest BCUT2D eigenvalue weighted by molar-refractivity contribution is 0.0568. The second kappa shape index (κ2) is 5.82. The molecule has 0 bridgehead atoms. The van der Waals surface area contributed by atoms with Gasteiger partial charge < -0.3 is 9.73 Å². The minimum atomic E-state index is 0.0447. The predicted molar refractivity (Wildman–Crippen MR) is 87.5 cm³/mol. The molecule has 1 N–H and O–H groups in total. The topological polar surface area (TPSA) is 28.4 Å². The fourth-order valence-corrected chi connectivity index (χ4v) is 3.64. The van der Waals surface area contributed by atoms with Gasteiger partial charge in [-0.3, -0.25) is 4.90 Å². The SMILES string of the molecule is CNC(c1cc2ccccc2o1)C(C)(C)N1CCCCC1. The second-order valence-corrected chi connectivity index (χ2v) is 6.61. The zero-order chi connectivity index (χ0) is 14.9. The smallest absolute Gasteiger partial charge is 0.134 e. The van der Waals surface area contributed by atoms with Crippen LogP contribution in [0.4, 0.5) is 0 Å². The van der Waals surface area contributed by atoms with Gasteiger partial charge in [0.15, 0.2) is 0 Å². The molecule has 1 aromatic heterocycles. The first-order valence-corrected chi connectivity index (χ1v) is 8.04. The summed E-state index contributed by atoms with van der Waals surface area (Å²) in [6.45, 7) is 7.02. The van der Waals surface area contributed by atoms with E-state index in [-0.39, 0.29) is 11.6 Å². The van der Waals surface area contributed by atoms with Gasteiger partial charge in [-0.2, -0.15) is 0 Å². The summed E-state index contributed by atoms with van der Waals surface area (Å²) in [6.07, 6.45) is 3.97. The van der Waals surface area contributed by atoms with Gasteiger partial charge in [0.25, 0.3) is 0 Å². The van der Waals surface area contributed by atoms with Gasteiger partial charge in [-0.25, -0.2) is 0 Å². The number of nitrogens with zero attached hydrogens (tertiary/aromatic N) is 1. The maximum Gasteiger partial charge on any atom is 0.134 e. The number of nitrogens with one attached hydrogen (secondary N) is 1. The first-order chi connectivity index (χ1) is 10.1. The van der Waals surface area contributed by atoms with E-state index in [1.807, 2.05) is 19.2 Å². The Balaban J connectivity index is 1.92. The van der Waals surface area contributed by atoms with E-state index in [1.54, 1.807) is 0 Å². The van der Waals surface area contributed by atoms with Crippen LogP contribution in [0, 0.1) is 0 Å². The molecule has 3 rings (SSSR count). The summed E-state index contributed by atoms with van der Waals surface area (Å²) in [7, 11) is 2.03. The third kappa shape index (κ3) is 2.72. The summed E-state index contributed by atoms with van der Waals surface area (Å²) in [4.78, 5) is 2.60. The van der Waals surface area contributed by atoms with Gasteiger partial charge in [-0.1, -0.05) is 24.6 Å². The third-order valence-corrected chi connectivity index (χ3v) is 4.90. The van der Waals surface area contributed by atoms with E-state index in [4.69, 9.17) is 4.42 Å². The van der Waals surface area contributed by atoms with Crippen LogP contribution >= 0.6 is 0 Å². The van der Waals surface area contributed by atoms with Crippen molar-refractivity contribution >= 4 is 11.0 Å². The van der Waals surface area contributed by atoms with E-state index in [2.05, 4.69) is 42.3 Å². The summed E-state index contributed by atoms with van der Waals surface area (Å²) in [6, 6.07) is 10.6. The molecule has 1 aromatic carbocycles. The van der Waals surface area contributed by atoms with Crippen LogP contribution in [0.15, 0.2) is 34.7 Å². The molecule has 3 nitrogen and oxygen atoms in total. The van der Waals surface area contributed by atoms with Crippen LogP contribution in [0.2, 0.25) is 0 Å². The highest BCUT2D eigenvalue weighted by atomic mass is 16.3. The van der Waals surface area contributed by atoms with Crippen LogP contribution < -0.4 is 5.32 Å². The highest BCUT2D eigenvalue weighted by molar-refractivity contribution is 5.77. The fourth-order valence-electron chi connectivity index (χ4n) is 3.64. The molecule has 21 heavy (non-hydrogen) atoms. The Morgan fingerprint density at radius 2 is 1.86 bits per heavy atom. The van der Waals surface area contributed by atoms with Crippen molar-refractivity contribution in [2.75, 3.05) is 20.1 Å². The van der Waals surface area contributed by atoms with Gasteiger partial charge in [-0.05, 0) is 59.0 Å². The number of likely N-dealkylation sites (N-methyl/N-ethyl adjacent to an activating group) is 1. The molecule has 1 saturated heterocycles. The Bertz CT molecular complexity index is 563. The van der Waals surface area contributed by atoms with Crippen molar-refractivity contribution in [3.63, 3.8) is 0 Å². The predicted octanol–water partition coefficient (Wildman–Crippen LogP) is 3.96. The zero-order valence-corrected chi connectivity index (χ0v) is 13.4. The number of fused-ring (bicyclic) bond motifs is 1. The van der Waals surface area contributed by atoms with Crippen molar-refractivity contribution in [2.24, 2.45) is 0 Å². The highest BCUT2D eigenvalue weighted by Gasteiger charge is 2.37. The normalized spacial score (nSPS) is 19.0. The lowest BCUT2D eigenvalue weighted by Gasteiger charge is -2.45. The lowest BCUT2D eigenvalue weighted by atomic mass is 9.88. The van der Waals surface area contributed by atoms with Crippen LogP contribution in [0.25, 0.3) is 11.0 Å². The average Bonchev–Trinajstić information content (AvgIpc) is 2.92. The summed E-state index contributed by atoms with van der Waals surface area (Å²) in [5.41, 5.74) is 1.02. The zero-order valence-electron chi connectivity index (χ0n) is 13.4. The van der Waals surface area contributed by atoms with Crippen LogP contribution in [0.5, 0.6) is 0 Å². The molecule has 1 unspecified atom stereocenters. The highest BCUT2D eigenvalue weighted by Crippen LogP contribution is 2.35. The van der Waals surface area contributed by atoms with Gasteiger partial charge >= 0.3 is 0 Å². The molecule has 1 aliphatic heterocycles. The van der Waals surface area contributed by atoms with Crippen LogP contribution in [-0.2, 0) is 0 Å². The molecule has 0 radical (unpaired) electrons. The molecule has 2 heterocycles. The van der Waals surface area contributed by atoms with E-state index in [9.17, 15) is 0 Å². The standard InChI is InChI=1S/C18H26N2O/c1-18(2,20-11-7-4-8-12-20)17(19-3)16-13-14-9-5-6-10-15(14)21-16/h5-6,9-10,13,17,19H,4,7-8,11-12H2,1-3H3. The number of piperidine rings is 1. The number of rotatable bonds is 4. The van der Waals surface area contributed by atoms with Crippen LogP contribution in [-0.4, -0.2) is 30.6 Å². The maximum atomic E-state index is 6.11. The minimum Gasteiger partial charge on any atom is -0.459 e. The summed E-state index contributed by atoms with van der Waals surface area (Å²) in [5.74, 6) is 1.04. The molecular weight excluding hydrogens is 260 g/mol. The van der Waals surface area contributed by atoms with Crippen molar-refractivity contribution in [2.45, 2.75) is 44.7 Å². The van der Waals surface area contributed by atoms with E-state index in [0.717, 1.165) is 11.3 Å². The van der Waals surface area contributed by atoms with Gasteiger partial charge in [0, 0.05) is 10.9 Å². The Labute approximate surface area is 127 Å². The molecule has 0 amide bonds. The van der Waals surface area contributed by atoms with Gasteiger partial charge in [-0.15, -0.1) is 0 Å². The fraction of sp³-hybridized carbons (Fsp3) is 0.556. The number of hydrogen-bond donors (Lipinski definition) is 1. The van der Waals surface area contributed by atoms with Crippen molar-refractivity contribution < 1.29 is 4.42 Å². The molecule has 0 spiro atoms. The van der Waals surface area contributed by atoms with E-state index < -0.39 is 0 Å². The molecule has 1 atom stereocenters. The number of furan rings is 1. The summed E-state index contributed by atoms with van der Waals surface area (Å²) >= 11 is 0. The average molecular weight is 286 g/mol. The largest absolute Gasteiger partial charge is 0.459 e. The quantitative estimate of drug-likeness (QED) is 0.922. The van der Waals surface area contributed by atoms with Gasteiger partial charge in [0.2, 0.25) is 0 Å². The van der Waals surface area contributed by atoms with E-state index in [1.165, 1.54) is 37.7 Å². The second-order valence-electron chi connectivity index (χ2n) is 6.61. The molecule has 3 heteroatoms. The molecular formula is C18H26N2O. The number of para-hydroxylation sites is 1. The molecule has 0 aliphatic carbocycles. The third-order valence-electron chi connectivity index (χ3n) is 4.90. The molecule has 0 saturated carbocycles. The molecule has 2 aromatic rings. The molecule has 1 aliphatic rings. The Morgan fingerprint density at radius 1 is 1.14 bits per heavy atom. The molecule has 1 fully saturated rings. The van der Waals surface area contributed by atoms with Crippen LogP contribution in [0.1, 0.15) is 44.9 Å². The van der Waals surface area contributed by atoms with E-state index in [0.29, 0.717) is 0 Å². The number of benzene rings is 1. The number of likely N-dealkylation sites (tertiary alicyclic amines) is 1. The van der Waals surface area contributed by atoms with Gasteiger partial charge in [0.05, 0.1) is 6.04 Å². The number of hydrogen-bond acceptors (Lipinski definition) is 3. The van der Waals surface area contributed by atoms with Crippen molar-refractivity contribution in [3.05, 3.63) is 36.1 Å². The Morgan fingerprint density at radius 3 is 2.52 bits per heavy atom. The van der Waals surface area contributed by atoms with Crippen molar-refractivity contribution in [3.8, 4) is 0 Å². The first-order valence-electron chi connectivity index (χ1n) is 8.04. The maximum absolute atomic E-state index is 6.11. The van der Waals surface area contributed by atoms with Crippen molar-refractivity contribution in [1.82, 2.24) is 10.2 Å². The molecule has 114 valence electrons. The first kappa shape index (κ1) is 14.6.